The highest BCUT2D eigenvalue weighted by Crippen LogP contribution is 2.40. The van der Waals surface area contributed by atoms with E-state index in [1.165, 1.54) is 18.6 Å². The topological polar surface area (TPSA) is 83.7 Å². The molecule has 3 atom stereocenters. The molecule has 1 aromatic carbocycles. The Morgan fingerprint density at radius 3 is 2.59 bits per heavy atom. The van der Waals surface area contributed by atoms with Gasteiger partial charge in [0.2, 0.25) is 0 Å². The monoisotopic (exact) mass is 304 g/mol. The number of hydrogen-bond donors (Lipinski definition) is 1. The fourth-order valence-corrected chi connectivity index (χ4v) is 3.96. The normalized spacial score (nSPS) is 28.3. The van der Waals surface area contributed by atoms with Crippen molar-refractivity contribution in [1.29, 1.82) is 0 Å². The molecule has 6 heteroatoms. The van der Waals surface area contributed by atoms with Crippen LogP contribution in [0.1, 0.15) is 37.7 Å². The van der Waals surface area contributed by atoms with E-state index in [-0.39, 0.29) is 5.69 Å². The number of non-ortho nitro benzene ring substituents is 1. The summed E-state index contributed by atoms with van der Waals surface area (Å²) in [5.74, 6) is -0.274. The third-order valence-corrected chi connectivity index (χ3v) is 5.02. The SMILES string of the molecule is O=C(O)[C@@H]1C[C@@H]2CCCC[C@H]2N1Cc1ccc([N+](=O)[O-])cc1. The lowest BCUT2D eigenvalue weighted by Crippen LogP contribution is -2.41. The summed E-state index contributed by atoms with van der Waals surface area (Å²) in [7, 11) is 0. The van der Waals surface area contributed by atoms with Crippen molar-refractivity contribution in [2.24, 2.45) is 5.92 Å². The molecule has 3 rings (SSSR count). The largest absolute Gasteiger partial charge is 0.480 e. The third-order valence-electron chi connectivity index (χ3n) is 5.02. The van der Waals surface area contributed by atoms with Crippen LogP contribution in [0, 0.1) is 16.0 Å². The number of nitro groups is 1. The van der Waals surface area contributed by atoms with Crippen LogP contribution in [0.3, 0.4) is 0 Å². The van der Waals surface area contributed by atoms with Gasteiger partial charge in [-0.1, -0.05) is 25.0 Å². The Bertz CT molecular complexity index is 572. The van der Waals surface area contributed by atoms with Gasteiger partial charge in [-0.3, -0.25) is 19.8 Å². The Labute approximate surface area is 128 Å². The predicted molar refractivity (Wildman–Crippen MR) is 80.4 cm³/mol. The van der Waals surface area contributed by atoms with Crippen molar-refractivity contribution < 1.29 is 14.8 Å². The summed E-state index contributed by atoms with van der Waals surface area (Å²) >= 11 is 0. The molecule has 0 aromatic heterocycles. The van der Waals surface area contributed by atoms with Crippen molar-refractivity contribution in [3.8, 4) is 0 Å². The number of rotatable bonds is 4. The van der Waals surface area contributed by atoms with Crippen molar-refractivity contribution in [2.45, 2.75) is 50.7 Å². The molecule has 118 valence electrons. The minimum atomic E-state index is -0.753. The summed E-state index contributed by atoms with van der Waals surface area (Å²) in [6, 6.07) is 6.34. The minimum absolute atomic E-state index is 0.0653. The Balaban J connectivity index is 1.78. The second kappa shape index (κ2) is 6.04. The molecule has 22 heavy (non-hydrogen) atoms. The van der Waals surface area contributed by atoms with E-state index in [4.69, 9.17) is 0 Å². The highest BCUT2D eigenvalue weighted by atomic mass is 16.6. The summed E-state index contributed by atoms with van der Waals surface area (Å²) < 4.78 is 0. The molecular weight excluding hydrogens is 284 g/mol. The third kappa shape index (κ3) is 2.83. The predicted octanol–water partition coefficient (Wildman–Crippen LogP) is 2.81. The first-order chi connectivity index (χ1) is 10.6. The zero-order valence-electron chi connectivity index (χ0n) is 12.4. The average molecular weight is 304 g/mol. The van der Waals surface area contributed by atoms with Gasteiger partial charge in [-0.2, -0.15) is 0 Å². The van der Waals surface area contributed by atoms with Crippen molar-refractivity contribution in [1.82, 2.24) is 4.90 Å². The Kier molecular flexibility index (Phi) is 4.11. The maximum atomic E-state index is 11.6. The van der Waals surface area contributed by atoms with Gasteiger partial charge in [0, 0.05) is 24.7 Å². The quantitative estimate of drug-likeness (QED) is 0.683. The fourth-order valence-electron chi connectivity index (χ4n) is 3.96. The first kappa shape index (κ1) is 15.0. The maximum Gasteiger partial charge on any atom is 0.320 e. The zero-order chi connectivity index (χ0) is 15.7. The molecule has 0 amide bonds. The van der Waals surface area contributed by atoms with Crippen LogP contribution in [0.5, 0.6) is 0 Å². The van der Waals surface area contributed by atoms with E-state index in [1.807, 2.05) is 0 Å². The molecule has 1 heterocycles. The van der Waals surface area contributed by atoms with E-state index < -0.39 is 16.9 Å². The molecule has 1 aliphatic heterocycles. The Hall–Kier alpha value is -1.95. The molecule has 1 saturated carbocycles. The van der Waals surface area contributed by atoms with Gasteiger partial charge >= 0.3 is 5.97 Å². The number of fused-ring (bicyclic) bond motifs is 1. The second-order valence-corrected chi connectivity index (χ2v) is 6.30. The van der Waals surface area contributed by atoms with Crippen molar-refractivity contribution >= 4 is 11.7 Å². The molecule has 0 spiro atoms. The Morgan fingerprint density at radius 1 is 1.27 bits per heavy atom. The van der Waals surface area contributed by atoms with Gasteiger partial charge in [-0.25, -0.2) is 0 Å². The average Bonchev–Trinajstić information content (AvgIpc) is 2.87. The fraction of sp³-hybridized carbons (Fsp3) is 0.562. The molecule has 0 bridgehead atoms. The number of benzene rings is 1. The van der Waals surface area contributed by atoms with Crippen molar-refractivity contribution in [3.05, 3.63) is 39.9 Å². The van der Waals surface area contributed by atoms with Crippen LogP contribution in [0.2, 0.25) is 0 Å². The van der Waals surface area contributed by atoms with Gasteiger partial charge in [0.1, 0.15) is 6.04 Å². The van der Waals surface area contributed by atoms with Crippen LogP contribution in [0.25, 0.3) is 0 Å². The number of carboxylic acid groups (broad SMARTS) is 1. The van der Waals surface area contributed by atoms with Crippen LogP contribution in [0.15, 0.2) is 24.3 Å². The number of hydrogen-bond acceptors (Lipinski definition) is 4. The van der Waals surface area contributed by atoms with Crippen molar-refractivity contribution in [3.63, 3.8) is 0 Å². The minimum Gasteiger partial charge on any atom is -0.480 e. The second-order valence-electron chi connectivity index (χ2n) is 6.30. The number of carbonyl (C=O) groups is 1. The lowest BCUT2D eigenvalue weighted by Gasteiger charge is -2.33. The summed E-state index contributed by atoms with van der Waals surface area (Å²) in [6.45, 7) is 0.552. The van der Waals surface area contributed by atoms with Gasteiger partial charge in [-0.05, 0) is 30.7 Å². The van der Waals surface area contributed by atoms with Crippen LogP contribution in [-0.4, -0.2) is 33.0 Å². The van der Waals surface area contributed by atoms with Gasteiger partial charge in [-0.15, -0.1) is 0 Å². The molecular formula is C16H20N2O4. The number of nitro benzene ring substituents is 1. The maximum absolute atomic E-state index is 11.6. The molecule has 0 radical (unpaired) electrons. The van der Waals surface area contributed by atoms with Gasteiger partial charge in [0.25, 0.3) is 5.69 Å². The first-order valence-electron chi connectivity index (χ1n) is 7.78. The number of likely N-dealkylation sites (tertiary alicyclic amines) is 1. The molecule has 2 fully saturated rings. The molecule has 1 saturated heterocycles. The van der Waals surface area contributed by atoms with E-state index >= 15 is 0 Å². The van der Waals surface area contributed by atoms with Crippen LogP contribution < -0.4 is 0 Å². The van der Waals surface area contributed by atoms with Crippen molar-refractivity contribution in [2.75, 3.05) is 0 Å². The molecule has 1 N–H and O–H groups in total. The van der Waals surface area contributed by atoms with E-state index in [1.54, 1.807) is 12.1 Å². The van der Waals surface area contributed by atoms with E-state index in [0.717, 1.165) is 31.2 Å². The number of aliphatic carboxylic acids is 1. The van der Waals surface area contributed by atoms with Gasteiger partial charge in [0.05, 0.1) is 4.92 Å². The number of carboxylic acids is 1. The smallest absolute Gasteiger partial charge is 0.320 e. The Morgan fingerprint density at radius 2 is 1.95 bits per heavy atom. The molecule has 6 nitrogen and oxygen atoms in total. The highest BCUT2D eigenvalue weighted by Gasteiger charge is 2.44. The van der Waals surface area contributed by atoms with Crippen LogP contribution >= 0.6 is 0 Å². The van der Waals surface area contributed by atoms with Gasteiger partial charge in [0.15, 0.2) is 0 Å². The molecule has 1 aromatic rings. The lowest BCUT2D eigenvalue weighted by molar-refractivity contribution is -0.384. The van der Waals surface area contributed by atoms with Gasteiger partial charge < -0.3 is 5.11 Å². The molecule has 0 unspecified atom stereocenters. The first-order valence-corrected chi connectivity index (χ1v) is 7.78. The summed E-state index contributed by atoms with van der Waals surface area (Å²) in [5.41, 5.74) is 0.999. The summed E-state index contributed by atoms with van der Waals surface area (Å²) in [5, 5.41) is 20.2. The number of nitrogens with zero attached hydrogens (tertiary/aromatic N) is 2. The van der Waals surface area contributed by atoms with E-state index in [0.29, 0.717) is 18.5 Å². The summed E-state index contributed by atoms with van der Waals surface area (Å²) in [6.07, 6.45) is 5.25. The van der Waals surface area contributed by atoms with Crippen LogP contribution in [0.4, 0.5) is 5.69 Å². The standard InChI is InChI=1S/C16H20N2O4/c19-16(20)15-9-12-3-1-2-4-14(12)17(15)10-11-5-7-13(8-6-11)18(21)22/h5-8,12,14-15H,1-4,9-10H2,(H,19,20)/t12-,14+,15-/m0/s1. The molecule has 2 aliphatic rings. The lowest BCUT2D eigenvalue weighted by atomic mass is 9.84. The van der Waals surface area contributed by atoms with E-state index in [9.17, 15) is 20.0 Å². The zero-order valence-corrected chi connectivity index (χ0v) is 12.4. The van der Waals surface area contributed by atoms with Crippen LogP contribution in [-0.2, 0) is 11.3 Å². The molecule has 1 aliphatic carbocycles. The summed E-state index contributed by atoms with van der Waals surface area (Å²) in [4.78, 5) is 23.9. The van der Waals surface area contributed by atoms with E-state index in [2.05, 4.69) is 4.90 Å². The highest BCUT2D eigenvalue weighted by molar-refractivity contribution is 5.74.